The molecule has 0 aliphatic heterocycles. The number of methoxy groups -OCH3 is 1. The molecule has 244 valence electrons. The Bertz CT molecular complexity index is 2100. The molecule has 0 bridgehead atoms. The third kappa shape index (κ3) is 6.60. The lowest BCUT2D eigenvalue weighted by molar-refractivity contribution is 0.0601. The normalized spacial score (nSPS) is 16.4. The van der Waals surface area contributed by atoms with Crippen LogP contribution in [-0.4, -0.2) is 28.0 Å². The number of anilines is 2. The van der Waals surface area contributed by atoms with Crippen molar-refractivity contribution in [2.24, 2.45) is 0 Å². The zero-order chi connectivity index (χ0) is 32.3. The van der Waals surface area contributed by atoms with Crippen LogP contribution < -0.4 is 10.6 Å². The molecule has 4 N–H and O–H groups in total. The fraction of sp³-hybridized carbons (Fsp3) is 0.256. The van der Waals surface area contributed by atoms with Crippen molar-refractivity contribution in [3.63, 3.8) is 0 Å². The van der Waals surface area contributed by atoms with Crippen LogP contribution in [0.2, 0.25) is 0 Å². The Kier molecular flexibility index (Phi) is 9.70. The lowest BCUT2D eigenvalue weighted by Crippen LogP contribution is -2.17. The molecule has 2 atom stereocenters. The van der Waals surface area contributed by atoms with Gasteiger partial charge in [0.15, 0.2) is 0 Å². The highest BCUT2D eigenvalue weighted by atomic mass is 35.5. The number of carbonyl (C=O) groups is 1. The summed E-state index contributed by atoms with van der Waals surface area (Å²) < 4.78 is 4.84. The molecule has 48 heavy (non-hydrogen) atoms. The smallest absolute Gasteiger partial charge is 0.337 e. The van der Waals surface area contributed by atoms with Crippen LogP contribution >= 0.6 is 12.4 Å². The second-order valence-corrected chi connectivity index (χ2v) is 12.4. The number of carbonyl (C=O) groups excluding carboxylic acids is 1. The average molecular weight is 659 g/mol. The van der Waals surface area contributed by atoms with E-state index in [1.165, 1.54) is 52.5 Å². The Hall–Kier alpha value is -5.26. The summed E-state index contributed by atoms with van der Waals surface area (Å²) in [6.45, 7) is 2.14. The van der Waals surface area contributed by atoms with Gasteiger partial charge in [0.05, 0.1) is 30.3 Å². The van der Waals surface area contributed by atoms with Gasteiger partial charge in [-0.1, -0.05) is 29.8 Å². The fourth-order valence-electron chi connectivity index (χ4n) is 7.03. The summed E-state index contributed by atoms with van der Waals surface area (Å²) >= 11 is 0. The first-order valence-electron chi connectivity index (χ1n) is 16.3. The van der Waals surface area contributed by atoms with E-state index in [1.54, 1.807) is 12.3 Å². The predicted octanol–water partition coefficient (Wildman–Crippen LogP) is 9.10. The van der Waals surface area contributed by atoms with Gasteiger partial charge in [0.2, 0.25) is 0 Å². The van der Waals surface area contributed by atoms with Gasteiger partial charge < -0.3 is 25.3 Å². The number of hydrogen-bond acceptors (Lipinski definition) is 6. The Morgan fingerprint density at radius 2 is 1.50 bits per heavy atom. The number of halogens is 1. The molecule has 0 spiro atoms. The number of rotatable bonds is 5. The van der Waals surface area contributed by atoms with Crippen molar-refractivity contribution in [2.75, 3.05) is 17.7 Å². The second-order valence-electron chi connectivity index (χ2n) is 12.4. The average Bonchev–Trinajstić information content (AvgIpc) is 3.68. The van der Waals surface area contributed by atoms with Crippen molar-refractivity contribution < 1.29 is 9.53 Å². The fourth-order valence-corrected chi connectivity index (χ4v) is 7.03. The highest BCUT2D eigenvalue weighted by Crippen LogP contribution is 2.38. The van der Waals surface area contributed by atoms with E-state index in [0.717, 1.165) is 54.5 Å². The molecule has 2 unspecified atom stereocenters. The number of benzene rings is 3. The van der Waals surface area contributed by atoms with Crippen LogP contribution in [-0.2, 0) is 17.6 Å². The first-order chi connectivity index (χ1) is 23.0. The van der Waals surface area contributed by atoms with E-state index < -0.39 is 0 Å². The summed E-state index contributed by atoms with van der Waals surface area (Å²) in [6, 6.07) is 28.9. The number of nitriles is 1. The van der Waals surface area contributed by atoms with Crippen molar-refractivity contribution in [3.05, 3.63) is 124 Å². The van der Waals surface area contributed by atoms with Gasteiger partial charge in [-0.05, 0) is 111 Å². The maximum atomic E-state index is 11.8. The SMILES string of the molecule is COC(=O)c1ccc2[nH]c3c(c2c1)CCCC3Nc1ccccc1.Cc1ccc2[nH]c3c(c2c1)CCCC3Nc1ccc(C#N)cn1.Cl. The molecule has 0 saturated carbocycles. The molecule has 2 aliphatic rings. The van der Waals surface area contributed by atoms with Crippen LogP contribution in [0.25, 0.3) is 21.8 Å². The van der Waals surface area contributed by atoms with E-state index in [9.17, 15) is 4.79 Å². The summed E-state index contributed by atoms with van der Waals surface area (Å²) in [7, 11) is 1.42. The number of hydrogen-bond donors (Lipinski definition) is 4. The minimum absolute atomic E-state index is 0. The van der Waals surface area contributed by atoms with Crippen LogP contribution in [0.4, 0.5) is 11.5 Å². The molecule has 8 nitrogen and oxygen atoms in total. The van der Waals surface area contributed by atoms with Crippen molar-refractivity contribution in [1.29, 1.82) is 5.26 Å². The van der Waals surface area contributed by atoms with E-state index in [0.29, 0.717) is 11.1 Å². The Labute approximate surface area is 286 Å². The maximum absolute atomic E-state index is 11.8. The number of H-pyrrole nitrogens is 2. The van der Waals surface area contributed by atoms with Crippen molar-refractivity contribution in [3.8, 4) is 6.07 Å². The highest BCUT2D eigenvalue weighted by molar-refractivity contribution is 5.96. The lowest BCUT2D eigenvalue weighted by atomic mass is 9.91. The van der Waals surface area contributed by atoms with Gasteiger partial charge in [-0.25, -0.2) is 9.78 Å². The standard InChI is InChI=1S/C20H20N2O2.C19H18N4.ClH/c1-24-20(23)13-10-11-17-16(12-13)15-8-5-9-18(19(15)22-17)21-14-6-3-2-4-7-14;1-12-5-7-16-15(9-12)14-3-2-4-17(19(14)23-16)22-18-8-6-13(10-20)11-21-18;/h2-4,6-7,10-12,18,21-22H,5,8-9H2,1H3;5-9,11,17,23H,2-4H2,1H3,(H,21,22);1H. The minimum atomic E-state index is -0.290. The Morgan fingerprint density at radius 3 is 2.12 bits per heavy atom. The van der Waals surface area contributed by atoms with Gasteiger partial charge in [0.25, 0.3) is 0 Å². The number of nitrogens with one attached hydrogen (secondary N) is 4. The molecular weight excluding hydrogens is 620 g/mol. The molecule has 2 aliphatic carbocycles. The molecule has 0 amide bonds. The van der Waals surface area contributed by atoms with Gasteiger partial charge in [-0.2, -0.15) is 5.26 Å². The third-order valence-corrected chi connectivity index (χ3v) is 9.32. The number of esters is 1. The topological polar surface area (TPSA) is 119 Å². The predicted molar refractivity (Wildman–Crippen MR) is 194 cm³/mol. The van der Waals surface area contributed by atoms with Crippen molar-refractivity contribution in [2.45, 2.75) is 57.5 Å². The first-order valence-corrected chi connectivity index (χ1v) is 16.3. The van der Waals surface area contributed by atoms with Crippen molar-refractivity contribution in [1.82, 2.24) is 15.0 Å². The maximum Gasteiger partial charge on any atom is 0.337 e. The summed E-state index contributed by atoms with van der Waals surface area (Å²) in [4.78, 5) is 23.3. The van der Waals surface area contributed by atoms with Gasteiger partial charge in [-0.3, -0.25) is 0 Å². The van der Waals surface area contributed by atoms with E-state index in [1.807, 2.05) is 42.5 Å². The molecule has 3 heterocycles. The van der Waals surface area contributed by atoms with Gasteiger partial charge in [0, 0.05) is 45.1 Å². The van der Waals surface area contributed by atoms with Crippen LogP contribution in [0, 0.1) is 18.3 Å². The second kappa shape index (κ2) is 14.2. The molecule has 0 saturated heterocycles. The van der Waals surface area contributed by atoms with E-state index in [4.69, 9.17) is 10.00 Å². The number of aromatic amines is 2. The monoisotopic (exact) mass is 658 g/mol. The molecule has 3 aromatic heterocycles. The number of fused-ring (bicyclic) bond motifs is 6. The highest BCUT2D eigenvalue weighted by Gasteiger charge is 2.26. The first kappa shape index (κ1) is 32.7. The van der Waals surface area contributed by atoms with Gasteiger partial charge in [0.1, 0.15) is 11.9 Å². The third-order valence-electron chi connectivity index (χ3n) is 9.32. The summed E-state index contributed by atoms with van der Waals surface area (Å²) in [5.41, 5.74) is 11.2. The van der Waals surface area contributed by atoms with Gasteiger partial charge in [-0.15, -0.1) is 12.4 Å². The van der Waals surface area contributed by atoms with Crippen LogP contribution in [0.15, 0.2) is 85.1 Å². The van der Waals surface area contributed by atoms with Crippen LogP contribution in [0.3, 0.4) is 0 Å². The molecule has 9 heteroatoms. The quantitative estimate of drug-likeness (QED) is 0.137. The zero-order valence-electron chi connectivity index (χ0n) is 27.1. The molecule has 0 radical (unpaired) electrons. The van der Waals surface area contributed by atoms with E-state index >= 15 is 0 Å². The molecule has 6 aromatic rings. The van der Waals surface area contributed by atoms with Crippen molar-refractivity contribution >= 4 is 51.7 Å². The lowest BCUT2D eigenvalue weighted by Gasteiger charge is -2.24. The molecule has 8 rings (SSSR count). The zero-order valence-corrected chi connectivity index (χ0v) is 27.9. The summed E-state index contributed by atoms with van der Waals surface area (Å²) in [5.74, 6) is 0.526. The van der Waals surface area contributed by atoms with Gasteiger partial charge >= 0.3 is 5.97 Å². The number of para-hydroxylation sites is 1. The Morgan fingerprint density at radius 1 is 0.854 bits per heavy atom. The number of ether oxygens (including phenoxy) is 1. The minimum Gasteiger partial charge on any atom is -0.465 e. The van der Waals surface area contributed by atoms with Crippen LogP contribution in [0.5, 0.6) is 0 Å². The van der Waals surface area contributed by atoms with Crippen LogP contribution in [0.1, 0.15) is 81.8 Å². The molecule has 3 aromatic carbocycles. The largest absolute Gasteiger partial charge is 0.465 e. The summed E-state index contributed by atoms with van der Waals surface area (Å²) in [5, 5.41) is 18.5. The molecule has 0 fully saturated rings. The molecular formula is C39H39ClN6O2. The number of pyridine rings is 1. The number of nitrogens with zero attached hydrogens (tertiary/aromatic N) is 2. The van der Waals surface area contributed by atoms with E-state index in [2.05, 4.69) is 68.9 Å². The summed E-state index contributed by atoms with van der Waals surface area (Å²) in [6.07, 6.45) is 8.25. The number of aryl methyl sites for hydroxylation is 3. The van der Waals surface area contributed by atoms with E-state index in [-0.39, 0.29) is 30.5 Å². The number of aromatic nitrogens is 3. The Balaban J connectivity index is 0.000000164.